The highest BCUT2D eigenvalue weighted by Gasteiger charge is 2.48. The first-order valence-corrected chi connectivity index (χ1v) is 14.9. The summed E-state index contributed by atoms with van der Waals surface area (Å²) in [6.07, 6.45) is 0. The summed E-state index contributed by atoms with van der Waals surface area (Å²) in [6, 6.07) is 18.7. The highest BCUT2D eigenvalue weighted by molar-refractivity contribution is 8.00. The lowest BCUT2D eigenvalue weighted by Crippen LogP contribution is -2.29. The summed E-state index contributed by atoms with van der Waals surface area (Å²) in [6.45, 7) is 10.1. The molecule has 5 rings (SSSR count). The summed E-state index contributed by atoms with van der Waals surface area (Å²) < 4.78 is 13.9. The third kappa shape index (κ3) is 5.83. The molecular weight excluding hydrogens is 558 g/mol. The Morgan fingerprint density at radius 2 is 1.68 bits per heavy atom. The van der Waals surface area contributed by atoms with E-state index in [1.807, 2.05) is 56.3 Å². The van der Waals surface area contributed by atoms with Crippen molar-refractivity contribution in [1.29, 1.82) is 0 Å². The largest absolute Gasteiger partial charge is 0.507 e. The molecule has 1 atom stereocenters. The van der Waals surface area contributed by atoms with Crippen LogP contribution in [0.25, 0.3) is 5.76 Å². The average molecular weight is 588 g/mol. The van der Waals surface area contributed by atoms with Crippen LogP contribution < -0.4 is 4.90 Å². The van der Waals surface area contributed by atoms with Crippen molar-refractivity contribution in [3.8, 4) is 0 Å². The van der Waals surface area contributed by atoms with Crippen LogP contribution in [0.1, 0.15) is 60.2 Å². The number of Topliss-reactive ketones (excluding diaryl/α,β-unsaturated/α-hetero) is 1. The van der Waals surface area contributed by atoms with E-state index >= 15 is 0 Å². The van der Waals surface area contributed by atoms with Crippen LogP contribution in [0.4, 0.5) is 9.52 Å². The van der Waals surface area contributed by atoms with Crippen LogP contribution in [0.3, 0.4) is 0 Å². The number of amides is 1. The van der Waals surface area contributed by atoms with Gasteiger partial charge in [-0.1, -0.05) is 98.0 Å². The number of carbonyl (C=O) groups excluding carboxylic acids is 2. The van der Waals surface area contributed by atoms with Crippen LogP contribution in [-0.4, -0.2) is 27.0 Å². The first-order chi connectivity index (χ1) is 19.4. The Morgan fingerprint density at radius 1 is 1.00 bits per heavy atom. The molecule has 0 spiro atoms. The summed E-state index contributed by atoms with van der Waals surface area (Å²) in [5.74, 6) is -1.52. The Kier molecular flexibility index (Phi) is 7.85. The highest BCUT2D eigenvalue weighted by Crippen LogP contribution is 2.44. The minimum atomic E-state index is -0.883. The topological polar surface area (TPSA) is 83.4 Å². The van der Waals surface area contributed by atoms with Gasteiger partial charge in [-0.05, 0) is 59.7 Å². The third-order valence-electron chi connectivity index (χ3n) is 7.06. The summed E-state index contributed by atoms with van der Waals surface area (Å²) in [5, 5.41) is 20.3. The van der Waals surface area contributed by atoms with E-state index in [4.69, 9.17) is 0 Å². The van der Waals surface area contributed by atoms with Gasteiger partial charge in [0.1, 0.15) is 11.6 Å². The predicted molar refractivity (Wildman–Crippen MR) is 162 cm³/mol. The summed E-state index contributed by atoms with van der Waals surface area (Å²) in [5.41, 5.74) is 4.84. The van der Waals surface area contributed by atoms with Gasteiger partial charge >= 0.3 is 5.91 Å². The van der Waals surface area contributed by atoms with E-state index in [0.29, 0.717) is 21.2 Å². The Bertz CT molecular complexity index is 1650. The molecule has 0 bridgehead atoms. The van der Waals surface area contributed by atoms with Crippen molar-refractivity contribution in [3.05, 3.63) is 112 Å². The molecule has 1 amide bonds. The van der Waals surface area contributed by atoms with E-state index in [2.05, 4.69) is 31.0 Å². The number of carbonyl (C=O) groups is 2. The van der Waals surface area contributed by atoms with Crippen LogP contribution in [0.5, 0.6) is 0 Å². The lowest BCUT2D eigenvalue weighted by molar-refractivity contribution is -0.132. The number of anilines is 1. The van der Waals surface area contributed by atoms with Crippen molar-refractivity contribution < 1.29 is 19.1 Å². The monoisotopic (exact) mass is 587 g/mol. The number of ketones is 1. The number of nitrogens with zero attached hydrogens (tertiary/aromatic N) is 3. The van der Waals surface area contributed by atoms with Crippen molar-refractivity contribution in [2.45, 2.75) is 56.2 Å². The minimum Gasteiger partial charge on any atom is -0.507 e. The second-order valence-electron chi connectivity index (χ2n) is 11.1. The number of hydrogen-bond acceptors (Lipinski definition) is 7. The number of aliphatic hydroxyl groups excluding tert-OH is 1. The van der Waals surface area contributed by atoms with Gasteiger partial charge in [-0.25, -0.2) is 4.39 Å². The molecule has 6 nitrogen and oxygen atoms in total. The van der Waals surface area contributed by atoms with Crippen molar-refractivity contribution in [2.24, 2.45) is 0 Å². The van der Waals surface area contributed by atoms with Gasteiger partial charge in [0.15, 0.2) is 4.34 Å². The number of hydrogen-bond donors (Lipinski definition) is 1. The SMILES string of the molecule is Cc1ccc(C)c(C(O)=C2C(=O)C(=O)N(c3nnc(SCc4ccc(F)cc4)s3)C2c2ccc(C(C)(C)C)cc2)c1. The molecule has 0 saturated carbocycles. The molecule has 1 unspecified atom stereocenters. The van der Waals surface area contributed by atoms with E-state index in [1.165, 1.54) is 40.1 Å². The normalized spacial score (nSPS) is 16.9. The van der Waals surface area contributed by atoms with E-state index in [9.17, 15) is 19.1 Å². The molecule has 9 heteroatoms. The first-order valence-electron chi connectivity index (χ1n) is 13.1. The Balaban J connectivity index is 1.57. The minimum absolute atomic E-state index is 0.0166. The standard InChI is InChI=1S/C32H30FN3O3S2/c1-18-6-7-19(2)24(16-18)27(37)25-26(21-10-12-22(13-11-21)32(3,4)5)36(29(39)28(25)38)30-34-35-31(41-30)40-17-20-8-14-23(33)15-9-20/h6-16,26,37H,17H2,1-5H3. The molecule has 41 heavy (non-hydrogen) atoms. The molecule has 1 aromatic heterocycles. The molecule has 1 aliphatic heterocycles. The molecule has 0 aliphatic carbocycles. The maximum Gasteiger partial charge on any atom is 0.301 e. The molecular formula is C32H30FN3O3S2. The molecule has 0 radical (unpaired) electrons. The van der Waals surface area contributed by atoms with Gasteiger partial charge in [-0.15, -0.1) is 10.2 Å². The van der Waals surface area contributed by atoms with E-state index in [-0.39, 0.29) is 27.7 Å². The van der Waals surface area contributed by atoms with Crippen LogP contribution in [0.15, 0.2) is 76.6 Å². The number of thioether (sulfide) groups is 1. The Labute approximate surface area is 247 Å². The molecule has 2 heterocycles. The maximum absolute atomic E-state index is 13.6. The number of aliphatic hydroxyl groups is 1. The number of halogens is 1. The number of benzene rings is 3. The zero-order chi connectivity index (χ0) is 29.5. The lowest BCUT2D eigenvalue weighted by Gasteiger charge is -2.24. The summed E-state index contributed by atoms with van der Waals surface area (Å²) in [4.78, 5) is 28.5. The van der Waals surface area contributed by atoms with Gasteiger partial charge in [0.2, 0.25) is 5.13 Å². The summed E-state index contributed by atoms with van der Waals surface area (Å²) >= 11 is 2.60. The molecule has 3 aromatic carbocycles. The molecule has 1 aliphatic rings. The number of rotatable bonds is 6. The van der Waals surface area contributed by atoms with Crippen LogP contribution in [0, 0.1) is 19.7 Å². The predicted octanol–water partition coefficient (Wildman–Crippen LogP) is 7.51. The second-order valence-corrected chi connectivity index (χ2v) is 13.3. The van der Waals surface area contributed by atoms with E-state index in [1.54, 1.807) is 12.1 Å². The van der Waals surface area contributed by atoms with Gasteiger partial charge < -0.3 is 5.11 Å². The van der Waals surface area contributed by atoms with Crippen molar-refractivity contribution >= 4 is 45.7 Å². The van der Waals surface area contributed by atoms with E-state index < -0.39 is 17.7 Å². The first kappa shape index (κ1) is 28.7. The van der Waals surface area contributed by atoms with Crippen molar-refractivity contribution in [3.63, 3.8) is 0 Å². The van der Waals surface area contributed by atoms with Gasteiger partial charge in [0.25, 0.3) is 5.78 Å². The van der Waals surface area contributed by atoms with Gasteiger partial charge in [-0.2, -0.15) is 0 Å². The smallest absolute Gasteiger partial charge is 0.301 e. The second kappa shape index (κ2) is 11.2. The number of aryl methyl sites for hydroxylation is 2. The molecule has 1 N–H and O–H groups in total. The summed E-state index contributed by atoms with van der Waals surface area (Å²) in [7, 11) is 0. The Hall–Kier alpha value is -3.82. The molecule has 4 aromatic rings. The lowest BCUT2D eigenvalue weighted by atomic mass is 9.85. The quantitative estimate of drug-likeness (QED) is 0.0827. The van der Waals surface area contributed by atoms with Crippen molar-refractivity contribution in [1.82, 2.24) is 10.2 Å². The Morgan fingerprint density at radius 3 is 2.34 bits per heavy atom. The number of aromatic nitrogens is 2. The van der Waals surface area contributed by atoms with Crippen LogP contribution >= 0.6 is 23.1 Å². The fourth-order valence-electron chi connectivity index (χ4n) is 4.73. The third-order valence-corrected chi connectivity index (χ3v) is 9.19. The zero-order valence-corrected chi connectivity index (χ0v) is 25.1. The van der Waals surface area contributed by atoms with Crippen molar-refractivity contribution in [2.75, 3.05) is 4.90 Å². The highest BCUT2D eigenvalue weighted by atomic mass is 32.2. The van der Waals surface area contributed by atoms with Gasteiger partial charge in [0, 0.05) is 11.3 Å². The average Bonchev–Trinajstić information content (AvgIpc) is 3.51. The van der Waals surface area contributed by atoms with Gasteiger partial charge in [-0.3, -0.25) is 14.5 Å². The van der Waals surface area contributed by atoms with E-state index in [0.717, 1.165) is 22.3 Å². The van der Waals surface area contributed by atoms with Gasteiger partial charge in [0.05, 0.1) is 11.6 Å². The molecule has 210 valence electrons. The zero-order valence-electron chi connectivity index (χ0n) is 23.4. The van der Waals surface area contributed by atoms with Crippen LogP contribution in [0.2, 0.25) is 0 Å². The van der Waals surface area contributed by atoms with Crippen LogP contribution in [-0.2, 0) is 20.8 Å². The molecule has 1 saturated heterocycles. The fourth-order valence-corrected chi connectivity index (χ4v) is 6.55. The maximum atomic E-state index is 13.6. The fraction of sp³-hybridized carbons (Fsp3) is 0.250. The molecule has 1 fully saturated rings.